The Morgan fingerprint density at radius 1 is 0.950 bits per heavy atom. The fraction of sp³-hybridized carbons (Fsp3) is 0. The third-order valence-corrected chi connectivity index (χ3v) is 2.51. The van der Waals surface area contributed by atoms with Gasteiger partial charge in [-0.1, -0.05) is 0 Å². The van der Waals surface area contributed by atoms with E-state index in [9.17, 15) is 22.4 Å². The van der Waals surface area contributed by atoms with Crippen molar-refractivity contribution in [1.82, 2.24) is 0 Å². The highest BCUT2D eigenvalue weighted by atomic mass is 19.2. The second kappa shape index (κ2) is 5.20. The van der Waals surface area contributed by atoms with E-state index in [0.29, 0.717) is 12.1 Å². The predicted molar refractivity (Wildman–Crippen MR) is 65.1 cm³/mol. The minimum absolute atomic E-state index is 0.321. The number of benzene rings is 2. The van der Waals surface area contributed by atoms with Gasteiger partial charge in [-0.3, -0.25) is 4.79 Å². The molecule has 0 aromatic heterocycles. The Morgan fingerprint density at radius 2 is 1.60 bits per heavy atom. The van der Waals surface area contributed by atoms with Gasteiger partial charge in [-0.2, -0.15) is 0 Å². The highest BCUT2D eigenvalue weighted by Crippen LogP contribution is 2.20. The number of nitrogens with one attached hydrogen (secondary N) is 1. The standard InChI is InChI=1S/C13H8F4N2O/c14-6-1-2-8(15)12(3-6)19-13(20)7-4-9(16)10(17)5-11(7)18/h1-5H,18H2,(H,19,20). The third kappa shape index (κ3) is 2.71. The quantitative estimate of drug-likeness (QED) is 0.657. The van der Waals surface area contributed by atoms with Crippen molar-refractivity contribution < 1.29 is 22.4 Å². The van der Waals surface area contributed by atoms with Gasteiger partial charge in [0, 0.05) is 17.8 Å². The molecule has 0 aliphatic rings. The van der Waals surface area contributed by atoms with Crippen LogP contribution in [-0.2, 0) is 0 Å². The summed E-state index contributed by atoms with van der Waals surface area (Å²) in [5.74, 6) is -5.10. The highest BCUT2D eigenvalue weighted by molar-refractivity contribution is 6.07. The number of amides is 1. The molecule has 3 N–H and O–H groups in total. The molecule has 0 bridgehead atoms. The van der Waals surface area contributed by atoms with E-state index >= 15 is 0 Å². The van der Waals surface area contributed by atoms with E-state index in [1.807, 2.05) is 5.32 Å². The summed E-state index contributed by atoms with van der Waals surface area (Å²) >= 11 is 0. The molecule has 20 heavy (non-hydrogen) atoms. The van der Waals surface area contributed by atoms with E-state index in [1.165, 1.54) is 0 Å². The van der Waals surface area contributed by atoms with Crippen LogP contribution in [0.15, 0.2) is 30.3 Å². The summed E-state index contributed by atoms with van der Waals surface area (Å²) in [5.41, 5.74) is 4.24. The molecule has 0 saturated carbocycles. The summed E-state index contributed by atoms with van der Waals surface area (Å²) in [6.07, 6.45) is 0. The van der Waals surface area contributed by atoms with Gasteiger partial charge in [0.25, 0.3) is 5.91 Å². The Kier molecular flexibility index (Phi) is 3.60. The van der Waals surface area contributed by atoms with Gasteiger partial charge in [-0.15, -0.1) is 0 Å². The smallest absolute Gasteiger partial charge is 0.257 e. The average Bonchev–Trinajstić information content (AvgIpc) is 2.38. The molecule has 2 aromatic carbocycles. The lowest BCUT2D eigenvalue weighted by molar-refractivity contribution is 0.102. The van der Waals surface area contributed by atoms with Crippen LogP contribution in [0.5, 0.6) is 0 Å². The maximum atomic E-state index is 13.3. The van der Waals surface area contributed by atoms with Crippen LogP contribution >= 0.6 is 0 Å². The number of carbonyl (C=O) groups is 1. The van der Waals surface area contributed by atoms with Crippen LogP contribution in [0.3, 0.4) is 0 Å². The summed E-state index contributed by atoms with van der Waals surface area (Å²) in [7, 11) is 0. The van der Waals surface area contributed by atoms with Crippen molar-refractivity contribution in [3.05, 3.63) is 59.2 Å². The molecule has 7 heteroatoms. The van der Waals surface area contributed by atoms with Gasteiger partial charge in [-0.05, 0) is 18.2 Å². The van der Waals surface area contributed by atoms with E-state index in [4.69, 9.17) is 5.73 Å². The second-order valence-corrected chi connectivity index (χ2v) is 3.93. The first-order valence-electron chi connectivity index (χ1n) is 5.39. The van der Waals surface area contributed by atoms with Crippen LogP contribution < -0.4 is 11.1 Å². The van der Waals surface area contributed by atoms with E-state index in [-0.39, 0.29) is 11.3 Å². The Balaban J connectivity index is 2.33. The van der Waals surface area contributed by atoms with Crippen LogP contribution in [0, 0.1) is 23.3 Å². The Bertz CT molecular complexity index is 688. The van der Waals surface area contributed by atoms with Crippen LogP contribution in [0.4, 0.5) is 28.9 Å². The van der Waals surface area contributed by atoms with E-state index in [1.54, 1.807) is 0 Å². The third-order valence-electron chi connectivity index (χ3n) is 2.51. The highest BCUT2D eigenvalue weighted by Gasteiger charge is 2.16. The number of rotatable bonds is 2. The Hall–Kier alpha value is -2.57. The molecule has 0 heterocycles. The van der Waals surface area contributed by atoms with E-state index in [2.05, 4.69) is 0 Å². The first-order valence-corrected chi connectivity index (χ1v) is 5.39. The molecule has 0 radical (unpaired) electrons. The fourth-order valence-electron chi connectivity index (χ4n) is 1.54. The maximum Gasteiger partial charge on any atom is 0.257 e. The molecule has 104 valence electrons. The zero-order valence-electron chi connectivity index (χ0n) is 9.88. The number of hydrogen-bond acceptors (Lipinski definition) is 2. The van der Waals surface area contributed by atoms with Crippen molar-refractivity contribution in [2.75, 3.05) is 11.1 Å². The normalized spacial score (nSPS) is 10.4. The average molecular weight is 284 g/mol. The van der Waals surface area contributed by atoms with Crippen LogP contribution in [-0.4, -0.2) is 5.91 Å². The molecule has 2 aromatic rings. The lowest BCUT2D eigenvalue weighted by Gasteiger charge is -2.09. The molecular formula is C13H8F4N2O. The first kappa shape index (κ1) is 13.9. The molecule has 1 amide bonds. The lowest BCUT2D eigenvalue weighted by Crippen LogP contribution is -2.16. The molecule has 0 spiro atoms. The number of carbonyl (C=O) groups excluding carboxylic acids is 1. The van der Waals surface area contributed by atoms with Gasteiger partial charge in [0.15, 0.2) is 11.6 Å². The maximum absolute atomic E-state index is 13.3. The molecular weight excluding hydrogens is 276 g/mol. The van der Waals surface area contributed by atoms with Crippen molar-refractivity contribution >= 4 is 17.3 Å². The van der Waals surface area contributed by atoms with Crippen molar-refractivity contribution in [1.29, 1.82) is 0 Å². The lowest BCUT2D eigenvalue weighted by atomic mass is 10.1. The SMILES string of the molecule is Nc1cc(F)c(F)cc1C(=O)Nc1cc(F)ccc1F. The molecule has 2 rings (SSSR count). The zero-order chi connectivity index (χ0) is 14.9. The summed E-state index contributed by atoms with van der Waals surface area (Å²) in [4.78, 5) is 11.8. The summed E-state index contributed by atoms with van der Waals surface area (Å²) < 4.78 is 52.2. The van der Waals surface area contributed by atoms with E-state index < -0.39 is 34.9 Å². The van der Waals surface area contributed by atoms with Gasteiger partial charge in [0.05, 0.1) is 11.3 Å². The van der Waals surface area contributed by atoms with Gasteiger partial charge < -0.3 is 11.1 Å². The monoisotopic (exact) mass is 284 g/mol. The van der Waals surface area contributed by atoms with Gasteiger partial charge in [-0.25, -0.2) is 17.6 Å². The van der Waals surface area contributed by atoms with E-state index in [0.717, 1.165) is 18.2 Å². The molecule has 0 fully saturated rings. The predicted octanol–water partition coefficient (Wildman–Crippen LogP) is 3.08. The summed E-state index contributed by atoms with van der Waals surface area (Å²) in [5, 5.41) is 2.03. The Labute approximate surface area is 111 Å². The fourth-order valence-corrected chi connectivity index (χ4v) is 1.54. The minimum Gasteiger partial charge on any atom is -0.398 e. The van der Waals surface area contributed by atoms with Crippen LogP contribution in [0.1, 0.15) is 10.4 Å². The molecule has 3 nitrogen and oxygen atoms in total. The number of nitrogen functional groups attached to an aromatic ring is 1. The van der Waals surface area contributed by atoms with Gasteiger partial charge in [0.2, 0.25) is 0 Å². The van der Waals surface area contributed by atoms with Gasteiger partial charge >= 0.3 is 0 Å². The van der Waals surface area contributed by atoms with Crippen LogP contribution in [0.25, 0.3) is 0 Å². The number of halogens is 4. The van der Waals surface area contributed by atoms with Crippen molar-refractivity contribution in [3.63, 3.8) is 0 Å². The molecule has 0 atom stereocenters. The largest absolute Gasteiger partial charge is 0.398 e. The zero-order valence-corrected chi connectivity index (χ0v) is 9.88. The number of hydrogen-bond donors (Lipinski definition) is 2. The molecule has 0 unspecified atom stereocenters. The summed E-state index contributed by atoms with van der Waals surface area (Å²) in [6, 6.07) is 3.66. The molecule has 0 aliphatic heterocycles. The molecule has 0 aliphatic carbocycles. The minimum atomic E-state index is -1.27. The Morgan fingerprint density at radius 3 is 2.30 bits per heavy atom. The van der Waals surface area contributed by atoms with Gasteiger partial charge in [0.1, 0.15) is 11.6 Å². The topological polar surface area (TPSA) is 55.1 Å². The summed E-state index contributed by atoms with van der Waals surface area (Å²) in [6.45, 7) is 0. The van der Waals surface area contributed by atoms with Crippen molar-refractivity contribution in [3.8, 4) is 0 Å². The number of nitrogens with two attached hydrogens (primary N) is 1. The number of anilines is 2. The second-order valence-electron chi connectivity index (χ2n) is 3.93. The van der Waals surface area contributed by atoms with Crippen molar-refractivity contribution in [2.24, 2.45) is 0 Å². The van der Waals surface area contributed by atoms with Crippen LogP contribution in [0.2, 0.25) is 0 Å². The first-order chi connectivity index (χ1) is 9.38. The van der Waals surface area contributed by atoms with Crippen molar-refractivity contribution in [2.45, 2.75) is 0 Å². The molecule has 0 saturated heterocycles.